The highest BCUT2D eigenvalue weighted by molar-refractivity contribution is 7.22. The molecule has 1 aromatic carbocycles. The number of rotatable bonds is 4. The third kappa shape index (κ3) is 2.87. The molecule has 0 saturated carbocycles. The van der Waals surface area contributed by atoms with Gasteiger partial charge in [-0.2, -0.15) is 0 Å². The molecule has 2 heterocycles. The SMILES string of the molecule is COc1cccc2sc(N(CC3CCCO3)C(C)=O)nc12. The molecule has 0 aliphatic carbocycles. The van der Waals surface area contributed by atoms with Crippen LogP contribution in [0.15, 0.2) is 18.2 Å². The molecule has 1 fully saturated rings. The number of carbonyl (C=O) groups excluding carboxylic acids is 1. The smallest absolute Gasteiger partial charge is 0.225 e. The van der Waals surface area contributed by atoms with Crippen molar-refractivity contribution >= 4 is 32.6 Å². The van der Waals surface area contributed by atoms with E-state index in [1.165, 1.54) is 11.3 Å². The number of fused-ring (bicyclic) bond motifs is 1. The van der Waals surface area contributed by atoms with E-state index in [4.69, 9.17) is 9.47 Å². The van der Waals surface area contributed by atoms with Gasteiger partial charge in [0.1, 0.15) is 11.3 Å². The minimum atomic E-state index is -0.0106. The number of hydrogen-bond donors (Lipinski definition) is 0. The molecule has 1 saturated heterocycles. The second kappa shape index (κ2) is 5.99. The lowest BCUT2D eigenvalue weighted by Crippen LogP contribution is -2.35. The fourth-order valence-corrected chi connectivity index (χ4v) is 3.56. The van der Waals surface area contributed by atoms with E-state index >= 15 is 0 Å². The highest BCUT2D eigenvalue weighted by Gasteiger charge is 2.24. The highest BCUT2D eigenvalue weighted by Crippen LogP contribution is 2.34. The minimum absolute atomic E-state index is 0.0106. The van der Waals surface area contributed by atoms with Crippen LogP contribution >= 0.6 is 11.3 Å². The Morgan fingerprint density at radius 3 is 3.10 bits per heavy atom. The van der Waals surface area contributed by atoms with Gasteiger partial charge in [0, 0.05) is 13.5 Å². The number of para-hydroxylation sites is 1. The highest BCUT2D eigenvalue weighted by atomic mass is 32.1. The lowest BCUT2D eigenvalue weighted by Gasteiger charge is -2.21. The molecule has 3 rings (SSSR count). The Kier molecular flexibility index (Phi) is 4.07. The third-order valence-corrected chi connectivity index (χ3v) is 4.66. The molecule has 2 aromatic rings. The molecule has 1 atom stereocenters. The van der Waals surface area contributed by atoms with E-state index < -0.39 is 0 Å². The Hall–Kier alpha value is -1.66. The number of benzene rings is 1. The third-order valence-electron chi connectivity index (χ3n) is 3.61. The Morgan fingerprint density at radius 1 is 1.57 bits per heavy atom. The van der Waals surface area contributed by atoms with Crippen molar-refractivity contribution in [2.45, 2.75) is 25.9 Å². The summed E-state index contributed by atoms with van der Waals surface area (Å²) < 4.78 is 12.0. The largest absolute Gasteiger partial charge is 0.494 e. The van der Waals surface area contributed by atoms with Crippen LogP contribution in [0.4, 0.5) is 5.13 Å². The molecule has 0 N–H and O–H groups in total. The van der Waals surface area contributed by atoms with E-state index in [1.54, 1.807) is 18.9 Å². The van der Waals surface area contributed by atoms with Crippen LogP contribution in [0.1, 0.15) is 19.8 Å². The van der Waals surface area contributed by atoms with Crippen LogP contribution in [-0.4, -0.2) is 37.3 Å². The first-order valence-electron chi connectivity index (χ1n) is 7.02. The van der Waals surface area contributed by atoms with Crippen molar-refractivity contribution in [1.82, 2.24) is 4.98 Å². The summed E-state index contributed by atoms with van der Waals surface area (Å²) in [5, 5.41) is 0.706. The quantitative estimate of drug-likeness (QED) is 0.871. The number of hydrogen-bond acceptors (Lipinski definition) is 5. The van der Waals surface area contributed by atoms with Crippen LogP contribution in [0.5, 0.6) is 5.75 Å². The molecule has 1 amide bonds. The first kappa shape index (κ1) is 14.3. The Morgan fingerprint density at radius 2 is 2.43 bits per heavy atom. The van der Waals surface area contributed by atoms with Crippen molar-refractivity contribution in [3.63, 3.8) is 0 Å². The Bertz CT molecular complexity index is 649. The van der Waals surface area contributed by atoms with Crippen molar-refractivity contribution in [3.05, 3.63) is 18.2 Å². The molecule has 1 aliphatic heterocycles. The second-order valence-corrected chi connectivity index (χ2v) is 6.08. The topological polar surface area (TPSA) is 51.7 Å². The van der Waals surface area contributed by atoms with Crippen LogP contribution in [0.2, 0.25) is 0 Å². The number of methoxy groups -OCH3 is 1. The number of nitrogens with zero attached hydrogens (tertiary/aromatic N) is 2. The standard InChI is InChI=1S/C15H18N2O3S/c1-10(18)17(9-11-5-4-8-20-11)15-16-14-12(19-2)6-3-7-13(14)21-15/h3,6-7,11H,4-5,8-9H2,1-2H3. The molecular weight excluding hydrogens is 288 g/mol. The average Bonchev–Trinajstić information content (AvgIpc) is 3.12. The van der Waals surface area contributed by atoms with Crippen molar-refractivity contribution in [1.29, 1.82) is 0 Å². The van der Waals surface area contributed by atoms with Crippen LogP contribution in [-0.2, 0) is 9.53 Å². The summed E-state index contributed by atoms with van der Waals surface area (Å²) >= 11 is 1.51. The van der Waals surface area contributed by atoms with Gasteiger partial charge in [-0.15, -0.1) is 0 Å². The molecular formula is C15H18N2O3S. The zero-order valence-electron chi connectivity index (χ0n) is 12.2. The van der Waals surface area contributed by atoms with Gasteiger partial charge in [0.25, 0.3) is 0 Å². The molecule has 1 aromatic heterocycles. The molecule has 0 spiro atoms. The summed E-state index contributed by atoms with van der Waals surface area (Å²) in [7, 11) is 1.63. The fourth-order valence-electron chi connectivity index (χ4n) is 2.53. The molecule has 6 heteroatoms. The summed E-state index contributed by atoms with van der Waals surface area (Å²) in [6, 6.07) is 5.80. The van der Waals surface area contributed by atoms with Crippen molar-refractivity contribution in [3.8, 4) is 5.75 Å². The number of thiazole rings is 1. The summed E-state index contributed by atoms with van der Waals surface area (Å²) in [5.74, 6) is 0.721. The van der Waals surface area contributed by atoms with Crippen molar-refractivity contribution in [2.24, 2.45) is 0 Å². The van der Waals surface area contributed by atoms with Gasteiger partial charge >= 0.3 is 0 Å². The molecule has 112 valence electrons. The molecule has 1 unspecified atom stereocenters. The summed E-state index contributed by atoms with van der Waals surface area (Å²) in [5.41, 5.74) is 0.804. The van der Waals surface area contributed by atoms with Gasteiger partial charge in [-0.3, -0.25) is 9.69 Å². The Balaban J connectivity index is 1.93. The van der Waals surface area contributed by atoms with E-state index in [0.717, 1.165) is 35.4 Å². The number of anilines is 1. The number of carbonyl (C=O) groups is 1. The van der Waals surface area contributed by atoms with Gasteiger partial charge in [-0.25, -0.2) is 4.98 Å². The molecule has 0 radical (unpaired) electrons. The maximum atomic E-state index is 12.0. The van der Waals surface area contributed by atoms with Gasteiger partial charge in [0.2, 0.25) is 5.91 Å². The van der Waals surface area contributed by atoms with Gasteiger partial charge in [-0.1, -0.05) is 17.4 Å². The molecule has 1 aliphatic rings. The average molecular weight is 306 g/mol. The van der Waals surface area contributed by atoms with Crippen molar-refractivity contribution < 1.29 is 14.3 Å². The Labute approximate surface area is 127 Å². The molecule has 0 bridgehead atoms. The lowest BCUT2D eigenvalue weighted by atomic mass is 10.2. The van der Waals surface area contributed by atoms with E-state index in [9.17, 15) is 4.79 Å². The maximum absolute atomic E-state index is 12.0. The summed E-state index contributed by atoms with van der Waals surface area (Å²) in [4.78, 5) is 18.3. The number of aromatic nitrogens is 1. The van der Waals surface area contributed by atoms with Crippen LogP contribution < -0.4 is 9.64 Å². The first-order valence-corrected chi connectivity index (χ1v) is 7.84. The predicted octanol–water partition coefficient (Wildman–Crippen LogP) is 2.84. The summed E-state index contributed by atoms with van der Waals surface area (Å²) in [6.07, 6.45) is 2.17. The van der Waals surface area contributed by atoms with Crippen LogP contribution in [0.25, 0.3) is 10.2 Å². The normalized spacial score (nSPS) is 18.1. The van der Waals surface area contributed by atoms with Gasteiger partial charge < -0.3 is 9.47 Å². The van der Waals surface area contributed by atoms with E-state index in [2.05, 4.69) is 4.98 Å². The summed E-state index contributed by atoms with van der Waals surface area (Å²) in [6.45, 7) is 2.92. The molecule has 5 nitrogen and oxygen atoms in total. The predicted molar refractivity (Wildman–Crippen MR) is 83.2 cm³/mol. The molecule has 21 heavy (non-hydrogen) atoms. The fraction of sp³-hybridized carbons (Fsp3) is 0.467. The van der Waals surface area contributed by atoms with Gasteiger partial charge in [0.05, 0.1) is 24.5 Å². The zero-order valence-corrected chi connectivity index (χ0v) is 13.0. The van der Waals surface area contributed by atoms with Crippen molar-refractivity contribution in [2.75, 3.05) is 25.2 Å². The number of amides is 1. The first-order chi connectivity index (χ1) is 10.2. The van der Waals surface area contributed by atoms with Gasteiger partial charge in [0.15, 0.2) is 5.13 Å². The van der Waals surface area contributed by atoms with E-state index in [0.29, 0.717) is 11.7 Å². The zero-order chi connectivity index (χ0) is 14.8. The van der Waals surface area contributed by atoms with Gasteiger partial charge in [-0.05, 0) is 25.0 Å². The number of ether oxygens (including phenoxy) is 2. The maximum Gasteiger partial charge on any atom is 0.225 e. The monoisotopic (exact) mass is 306 g/mol. The van der Waals surface area contributed by atoms with E-state index in [-0.39, 0.29) is 12.0 Å². The van der Waals surface area contributed by atoms with Crippen LogP contribution in [0.3, 0.4) is 0 Å². The van der Waals surface area contributed by atoms with Crippen LogP contribution in [0, 0.1) is 0 Å². The van der Waals surface area contributed by atoms with E-state index in [1.807, 2.05) is 18.2 Å². The lowest BCUT2D eigenvalue weighted by molar-refractivity contribution is -0.116. The second-order valence-electron chi connectivity index (χ2n) is 5.07. The minimum Gasteiger partial charge on any atom is -0.494 e.